The van der Waals surface area contributed by atoms with Gasteiger partial charge >= 0.3 is 0 Å². The molecule has 0 radical (unpaired) electrons. The molecule has 0 saturated heterocycles. The van der Waals surface area contributed by atoms with Gasteiger partial charge in [0.1, 0.15) is 0 Å². The van der Waals surface area contributed by atoms with E-state index in [0.29, 0.717) is 0 Å². The number of hydrogen-bond acceptors (Lipinski definition) is 1. The highest BCUT2D eigenvalue weighted by Gasteiger charge is 2.43. The van der Waals surface area contributed by atoms with Gasteiger partial charge in [-0.1, -0.05) is 52.4 Å². The van der Waals surface area contributed by atoms with E-state index in [4.69, 9.17) is 4.74 Å². The van der Waals surface area contributed by atoms with Crippen molar-refractivity contribution in [1.82, 2.24) is 0 Å². The van der Waals surface area contributed by atoms with Gasteiger partial charge < -0.3 is 4.74 Å². The summed E-state index contributed by atoms with van der Waals surface area (Å²) in [6.45, 7) is 9.51. The van der Waals surface area contributed by atoms with Crippen LogP contribution in [0.25, 0.3) is 0 Å². The fourth-order valence-corrected chi connectivity index (χ4v) is 4.85. The first-order valence-electron chi connectivity index (χ1n) is 9.74. The van der Waals surface area contributed by atoms with Gasteiger partial charge in [0.2, 0.25) is 0 Å². The standard InChI is InChI=1S/C20H38O/c1-5-19(3,17-13-9-7-10-14-17)21-20(4,6-2)18-15-11-8-12-16-18/h17-18H,5-16H2,1-4H3. The summed E-state index contributed by atoms with van der Waals surface area (Å²) in [5, 5.41) is 0. The lowest BCUT2D eigenvalue weighted by Crippen LogP contribution is -2.49. The Balaban J connectivity index is 2.08. The first kappa shape index (κ1) is 17.3. The van der Waals surface area contributed by atoms with E-state index in [1.54, 1.807) is 0 Å². The van der Waals surface area contributed by atoms with Crippen molar-refractivity contribution < 1.29 is 4.74 Å². The van der Waals surface area contributed by atoms with Crippen molar-refractivity contribution in [3.63, 3.8) is 0 Å². The Labute approximate surface area is 133 Å². The topological polar surface area (TPSA) is 9.23 Å². The second kappa shape index (κ2) is 7.49. The normalized spacial score (nSPS) is 28.0. The maximum atomic E-state index is 7.00. The van der Waals surface area contributed by atoms with Crippen molar-refractivity contribution in [2.45, 2.75) is 116 Å². The van der Waals surface area contributed by atoms with E-state index in [0.717, 1.165) is 11.8 Å². The van der Waals surface area contributed by atoms with Crippen molar-refractivity contribution in [2.75, 3.05) is 0 Å². The first-order valence-corrected chi connectivity index (χ1v) is 9.74. The van der Waals surface area contributed by atoms with E-state index < -0.39 is 0 Å². The van der Waals surface area contributed by atoms with Crippen molar-refractivity contribution in [3.05, 3.63) is 0 Å². The Morgan fingerprint density at radius 3 is 1.29 bits per heavy atom. The van der Waals surface area contributed by atoms with Crippen molar-refractivity contribution >= 4 is 0 Å². The maximum Gasteiger partial charge on any atom is 0.0687 e. The first-order chi connectivity index (χ1) is 10.0. The van der Waals surface area contributed by atoms with Gasteiger partial charge in [0, 0.05) is 0 Å². The summed E-state index contributed by atoms with van der Waals surface area (Å²) in [4.78, 5) is 0. The van der Waals surface area contributed by atoms with E-state index in [1.165, 1.54) is 77.0 Å². The minimum Gasteiger partial charge on any atom is -0.369 e. The third-order valence-corrected chi connectivity index (χ3v) is 6.81. The zero-order valence-electron chi connectivity index (χ0n) is 15.0. The van der Waals surface area contributed by atoms with Gasteiger partial charge in [-0.3, -0.25) is 0 Å². The summed E-state index contributed by atoms with van der Waals surface area (Å²) >= 11 is 0. The highest BCUT2D eigenvalue weighted by Crippen LogP contribution is 2.45. The van der Waals surface area contributed by atoms with Crippen LogP contribution in [0.3, 0.4) is 0 Å². The zero-order chi connectivity index (χ0) is 15.3. The van der Waals surface area contributed by atoms with Crippen LogP contribution in [0, 0.1) is 11.8 Å². The molecule has 0 aromatic heterocycles. The smallest absolute Gasteiger partial charge is 0.0687 e. The van der Waals surface area contributed by atoms with Crippen molar-refractivity contribution in [1.29, 1.82) is 0 Å². The molecule has 124 valence electrons. The molecule has 2 aliphatic rings. The van der Waals surface area contributed by atoms with Crippen LogP contribution in [-0.2, 0) is 4.74 Å². The third kappa shape index (κ3) is 4.03. The Morgan fingerprint density at radius 1 is 0.667 bits per heavy atom. The minimum atomic E-state index is 0.0998. The fraction of sp³-hybridized carbons (Fsp3) is 1.00. The summed E-state index contributed by atoms with van der Waals surface area (Å²) in [6, 6.07) is 0. The molecule has 1 nitrogen and oxygen atoms in total. The average molecular weight is 295 g/mol. The summed E-state index contributed by atoms with van der Waals surface area (Å²) in [6.07, 6.45) is 16.4. The van der Waals surface area contributed by atoms with Crippen LogP contribution < -0.4 is 0 Å². The summed E-state index contributed by atoms with van der Waals surface area (Å²) in [7, 11) is 0. The molecule has 0 N–H and O–H groups in total. The van der Waals surface area contributed by atoms with Gasteiger partial charge in [-0.15, -0.1) is 0 Å². The van der Waals surface area contributed by atoms with Crippen LogP contribution >= 0.6 is 0 Å². The molecule has 2 unspecified atom stereocenters. The molecule has 0 bridgehead atoms. The van der Waals surface area contributed by atoms with Crippen LogP contribution in [0.15, 0.2) is 0 Å². The van der Waals surface area contributed by atoms with Gasteiger partial charge in [-0.25, -0.2) is 0 Å². The molecule has 0 spiro atoms. The van der Waals surface area contributed by atoms with Crippen molar-refractivity contribution in [2.24, 2.45) is 11.8 Å². The lowest BCUT2D eigenvalue weighted by atomic mass is 9.73. The van der Waals surface area contributed by atoms with Gasteiger partial charge in [0.15, 0.2) is 0 Å². The highest BCUT2D eigenvalue weighted by molar-refractivity contribution is 4.92. The van der Waals surface area contributed by atoms with Gasteiger partial charge in [0.25, 0.3) is 0 Å². The van der Waals surface area contributed by atoms with E-state index in [-0.39, 0.29) is 11.2 Å². The Morgan fingerprint density at radius 2 is 1.00 bits per heavy atom. The van der Waals surface area contributed by atoms with E-state index >= 15 is 0 Å². The van der Waals surface area contributed by atoms with Gasteiger partial charge in [-0.2, -0.15) is 0 Å². The molecular weight excluding hydrogens is 256 g/mol. The molecule has 2 atom stereocenters. The molecule has 2 fully saturated rings. The van der Waals surface area contributed by atoms with E-state index in [1.807, 2.05) is 0 Å². The Hall–Kier alpha value is -0.0400. The number of rotatable bonds is 6. The number of ether oxygens (including phenoxy) is 1. The molecule has 2 saturated carbocycles. The predicted molar refractivity (Wildman–Crippen MR) is 91.6 cm³/mol. The molecule has 0 aromatic rings. The number of hydrogen-bond donors (Lipinski definition) is 0. The molecule has 0 aromatic carbocycles. The lowest BCUT2D eigenvalue weighted by molar-refractivity contribution is -0.200. The van der Waals surface area contributed by atoms with Crippen LogP contribution in [0.4, 0.5) is 0 Å². The zero-order valence-corrected chi connectivity index (χ0v) is 15.0. The molecule has 2 rings (SSSR count). The second-order valence-corrected chi connectivity index (χ2v) is 8.10. The highest BCUT2D eigenvalue weighted by atomic mass is 16.5. The van der Waals surface area contributed by atoms with Crippen LogP contribution in [0.5, 0.6) is 0 Å². The SMILES string of the molecule is CCC(C)(OC(C)(CC)C1CCCCC1)C1CCCCC1. The van der Waals surface area contributed by atoms with Crippen LogP contribution in [0.2, 0.25) is 0 Å². The maximum absolute atomic E-state index is 7.00. The molecule has 2 aliphatic carbocycles. The lowest BCUT2D eigenvalue weighted by Gasteiger charge is -2.49. The summed E-state index contributed by atoms with van der Waals surface area (Å²) in [5.74, 6) is 1.57. The second-order valence-electron chi connectivity index (χ2n) is 8.10. The molecule has 21 heavy (non-hydrogen) atoms. The molecule has 1 heteroatoms. The Kier molecular flexibility index (Phi) is 6.17. The van der Waals surface area contributed by atoms with E-state index in [9.17, 15) is 0 Å². The molecule has 0 heterocycles. The minimum absolute atomic E-state index is 0.0998. The quantitative estimate of drug-likeness (QED) is 0.543. The van der Waals surface area contributed by atoms with E-state index in [2.05, 4.69) is 27.7 Å². The molecule has 0 amide bonds. The van der Waals surface area contributed by atoms with Crippen LogP contribution in [0.1, 0.15) is 105 Å². The van der Waals surface area contributed by atoms with Crippen molar-refractivity contribution in [3.8, 4) is 0 Å². The monoisotopic (exact) mass is 294 g/mol. The van der Waals surface area contributed by atoms with Gasteiger partial charge in [0.05, 0.1) is 11.2 Å². The summed E-state index contributed by atoms with van der Waals surface area (Å²) < 4.78 is 7.00. The largest absolute Gasteiger partial charge is 0.369 e. The van der Waals surface area contributed by atoms with Crippen LogP contribution in [-0.4, -0.2) is 11.2 Å². The van der Waals surface area contributed by atoms with Gasteiger partial charge in [-0.05, 0) is 64.2 Å². The fourth-order valence-electron chi connectivity index (χ4n) is 4.85. The average Bonchev–Trinajstić information content (AvgIpc) is 2.56. The molecule has 0 aliphatic heterocycles. The third-order valence-electron chi connectivity index (χ3n) is 6.81. The molecular formula is C20H38O. The summed E-state index contributed by atoms with van der Waals surface area (Å²) in [5.41, 5.74) is 0.200. The predicted octanol–water partition coefficient (Wildman–Crippen LogP) is 6.50. The Bertz CT molecular complexity index is 271.